The minimum atomic E-state index is -0.710. The maximum atomic E-state index is 13.6. The van der Waals surface area contributed by atoms with Gasteiger partial charge in [0.2, 0.25) is 0 Å². The largest absolute Gasteiger partial charge is 0.444 e. The number of rotatable bonds is 5. The minimum Gasteiger partial charge on any atom is -0.444 e. The molecule has 0 aliphatic carbocycles. The Morgan fingerprint density at radius 3 is 2.58 bits per heavy atom. The van der Waals surface area contributed by atoms with Gasteiger partial charge in [-0.3, -0.25) is 14.9 Å². The van der Waals surface area contributed by atoms with E-state index in [2.05, 4.69) is 52.7 Å². The molecular formula is C32H42N6O4S. The maximum absolute atomic E-state index is 13.6. The first-order valence-corrected chi connectivity index (χ1v) is 15.9. The van der Waals surface area contributed by atoms with Gasteiger partial charge in [-0.1, -0.05) is 19.9 Å². The highest BCUT2D eigenvalue weighted by Gasteiger charge is 2.35. The molecule has 1 aromatic carbocycles. The van der Waals surface area contributed by atoms with Crippen LogP contribution < -0.4 is 10.6 Å². The van der Waals surface area contributed by atoms with Crippen molar-refractivity contribution in [3.63, 3.8) is 0 Å². The molecule has 2 aromatic heterocycles. The number of hydrogen-bond donors (Lipinski definition) is 2. The van der Waals surface area contributed by atoms with Gasteiger partial charge in [0.25, 0.3) is 0 Å². The van der Waals surface area contributed by atoms with Crippen LogP contribution >= 0.6 is 11.3 Å². The number of hydrogen-bond acceptors (Lipinski definition) is 8. The molecule has 5 rings (SSSR count). The Bertz CT molecular complexity index is 1520. The number of aromatic nitrogens is 2. The molecule has 2 aliphatic heterocycles. The molecule has 0 bridgehead atoms. The lowest BCUT2D eigenvalue weighted by atomic mass is 9.89. The molecule has 4 heterocycles. The van der Waals surface area contributed by atoms with Crippen molar-refractivity contribution >= 4 is 51.0 Å². The Hall–Kier alpha value is -3.57. The summed E-state index contributed by atoms with van der Waals surface area (Å²) in [6.45, 7) is 12.0. The van der Waals surface area contributed by atoms with Crippen LogP contribution in [0.2, 0.25) is 0 Å². The molecule has 3 atom stereocenters. The van der Waals surface area contributed by atoms with Crippen LogP contribution in [0.15, 0.2) is 30.5 Å². The van der Waals surface area contributed by atoms with E-state index >= 15 is 0 Å². The van der Waals surface area contributed by atoms with E-state index in [1.165, 1.54) is 11.2 Å². The van der Waals surface area contributed by atoms with Crippen LogP contribution in [0.5, 0.6) is 0 Å². The number of fused-ring (bicyclic) bond motifs is 1. The normalized spacial score (nSPS) is 21.2. The lowest BCUT2D eigenvalue weighted by Gasteiger charge is -2.38. The third-order valence-electron chi connectivity index (χ3n) is 8.05. The Morgan fingerprint density at radius 1 is 1.09 bits per heavy atom. The van der Waals surface area contributed by atoms with E-state index < -0.39 is 23.5 Å². The van der Waals surface area contributed by atoms with Gasteiger partial charge < -0.3 is 19.9 Å². The lowest BCUT2D eigenvalue weighted by molar-refractivity contribution is -0.146. The number of amides is 3. The number of pyridine rings is 1. The number of ether oxygens (including phenoxy) is 1. The maximum Gasteiger partial charge on any atom is 0.413 e. The number of thiazole rings is 1. The average molecular weight is 607 g/mol. The van der Waals surface area contributed by atoms with Crippen LogP contribution in [0.3, 0.4) is 0 Å². The van der Waals surface area contributed by atoms with Gasteiger partial charge in [-0.05, 0) is 95.3 Å². The smallest absolute Gasteiger partial charge is 0.413 e. The molecule has 11 heteroatoms. The first-order valence-electron chi connectivity index (χ1n) is 15.1. The fourth-order valence-corrected chi connectivity index (χ4v) is 6.95. The van der Waals surface area contributed by atoms with Gasteiger partial charge >= 0.3 is 17.9 Å². The minimum absolute atomic E-state index is 0.202. The number of likely N-dealkylation sites (tertiary alicyclic amines) is 2. The summed E-state index contributed by atoms with van der Waals surface area (Å²) in [7, 11) is 2.15. The molecule has 0 spiro atoms. The molecule has 0 saturated carbocycles. The zero-order valence-electron chi connectivity index (χ0n) is 25.9. The average Bonchev–Trinajstić information content (AvgIpc) is 3.58. The van der Waals surface area contributed by atoms with E-state index in [9.17, 15) is 14.4 Å². The van der Waals surface area contributed by atoms with Crippen LogP contribution in [0.4, 0.5) is 16.3 Å². The van der Waals surface area contributed by atoms with Crippen LogP contribution in [0, 0.1) is 5.92 Å². The van der Waals surface area contributed by atoms with Crippen molar-refractivity contribution in [3.8, 4) is 0 Å². The Kier molecular flexibility index (Phi) is 9.03. The van der Waals surface area contributed by atoms with Crippen molar-refractivity contribution in [2.45, 2.75) is 77.9 Å². The molecule has 2 N–H and O–H groups in total. The zero-order valence-corrected chi connectivity index (χ0v) is 26.7. The van der Waals surface area contributed by atoms with Crippen molar-refractivity contribution < 1.29 is 19.1 Å². The van der Waals surface area contributed by atoms with Crippen LogP contribution in [-0.2, 0) is 20.7 Å². The summed E-state index contributed by atoms with van der Waals surface area (Å²) in [4.78, 5) is 52.5. The number of piperidine rings is 1. The van der Waals surface area contributed by atoms with Crippen LogP contribution in [0.1, 0.15) is 82.0 Å². The topological polar surface area (TPSA) is 117 Å². The van der Waals surface area contributed by atoms with Crippen molar-refractivity contribution in [1.82, 2.24) is 19.8 Å². The van der Waals surface area contributed by atoms with Crippen LogP contribution in [0.25, 0.3) is 10.2 Å². The third kappa shape index (κ3) is 7.33. The summed E-state index contributed by atoms with van der Waals surface area (Å²) in [6.07, 6.45) is 4.26. The number of nitrogens with one attached hydrogen (secondary N) is 2. The summed E-state index contributed by atoms with van der Waals surface area (Å²) >= 11 is 1.76. The zero-order chi connectivity index (χ0) is 30.9. The number of likely N-dealkylation sites (N-methyl/N-ethyl adjacent to an activating group) is 1. The van der Waals surface area contributed by atoms with Gasteiger partial charge in [0, 0.05) is 19.0 Å². The highest BCUT2D eigenvalue weighted by atomic mass is 32.1. The summed E-state index contributed by atoms with van der Waals surface area (Å²) in [6, 6.07) is 7.80. The standard InChI is InChI=1S/C32H42N6O4S/c1-7-20-14-23(16-33-27(20)36-31(41)42-32(3,4)5)34-28(39)30(40)38-17-19(2)8-10-25(38)21-9-11-26-24(15-21)35-29(43-26)22-12-13-37(6)18-22/h9,11,14-16,19,22,25H,7-8,10,12-13,17-18H2,1-6H3,(H,34,39)(H,33,36,41)/t19-,22?,25?/m0/s1. The van der Waals surface area contributed by atoms with Gasteiger partial charge in [-0.25, -0.2) is 14.8 Å². The van der Waals surface area contributed by atoms with E-state index in [1.807, 2.05) is 6.92 Å². The third-order valence-corrected chi connectivity index (χ3v) is 9.25. The van der Waals surface area contributed by atoms with Crippen molar-refractivity contribution in [1.29, 1.82) is 0 Å². The van der Waals surface area contributed by atoms with Crippen molar-refractivity contribution in [2.75, 3.05) is 37.3 Å². The highest BCUT2D eigenvalue weighted by Crippen LogP contribution is 2.37. The second-order valence-corrected chi connectivity index (χ2v) is 13.9. The predicted octanol–water partition coefficient (Wildman–Crippen LogP) is 5.96. The molecule has 2 fully saturated rings. The molecule has 10 nitrogen and oxygen atoms in total. The highest BCUT2D eigenvalue weighted by molar-refractivity contribution is 7.18. The summed E-state index contributed by atoms with van der Waals surface area (Å²) in [5.74, 6) is -0.176. The monoisotopic (exact) mass is 606 g/mol. The summed E-state index contributed by atoms with van der Waals surface area (Å²) in [5.41, 5.74) is 2.42. The molecule has 43 heavy (non-hydrogen) atoms. The molecule has 3 aromatic rings. The van der Waals surface area contributed by atoms with Gasteiger partial charge in [0.05, 0.1) is 33.2 Å². The Labute approximate surface area is 257 Å². The SMILES string of the molecule is CCc1cc(NC(=O)C(=O)N2C[C@@H](C)CCC2c2ccc3sc(C4CCN(C)C4)nc3c2)cnc1NC(=O)OC(C)(C)C. The predicted molar refractivity (Wildman–Crippen MR) is 169 cm³/mol. The summed E-state index contributed by atoms with van der Waals surface area (Å²) in [5, 5.41) is 6.58. The molecule has 3 amide bonds. The Balaban J connectivity index is 1.31. The fourth-order valence-electron chi connectivity index (χ4n) is 5.88. The number of benzene rings is 1. The van der Waals surface area contributed by atoms with Crippen molar-refractivity contribution in [2.24, 2.45) is 5.92 Å². The molecule has 2 unspecified atom stereocenters. The molecule has 230 valence electrons. The van der Waals surface area contributed by atoms with Crippen molar-refractivity contribution in [3.05, 3.63) is 46.6 Å². The number of carbonyl (C=O) groups is 3. The molecule has 0 radical (unpaired) electrons. The van der Waals surface area contributed by atoms with Gasteiger partial charge in [0.1, 0.15) is 11.4 Å². The van der Waals surface area contributed by atoms with Gasteiger partial charge in [-0.2, -0.15) is 0 Å². The Morgan fingerprint density at radius 2 is 1.88 bits per heavy atom. The molecule has 2 saturated heterocycles. The fraction of sp³-hybridized carbons (Fsp3) is 0.531. The molecular weight excluding hydrogens is 564 g/mol. The van der Waals surface area contributed by atoms with E-state index in [0.29, 0.717) is 36.0 Å². The first-order chi connectivity index (χ1) is 20.4. The first kappa shape index (κ1) is 30.9. The summed E-state index contributed by atoms with van der Waals surface area (Å²) < 4.78 is 6.48. The van der Waals surface area contributed by atoms with E-state index in [1.54, 1.807) is 43.1 Å². The van der Waals surface area contributed by atoms with E-state index in [4.69, 9.17) is 9.72 Å². The second-order valence-electron chi connectivity index (χ2n) is 12.8. The van der Waals surface area contributed by atoms with E-state index in [0.717, 1.165) is 48.1 Å². The number of aryl methyl sites for hydroxylation is 1. The lowest BCUT2D eigenvalue weighted by Crippen LogP contribution is -2.46. The number of anilines is 2. The quantitative estimate of drug-likeness (QED) is 0.344. The van der Waals surface area contributed by atoms with Crippen LogP contribution in [-0.4, -0.2) is 70.0 Å². The second kappa shape index (κ2) is 12.6. The number of nitrogens with zero attached hydrogens (tertiary/aromatic N) is 4. The van der Waals surface area contributed by atoms with E-state index in [-0.39, 0.29) is 12.0 Å². The van der Waals surface area contributed by atoms with Gasteiger partial charge in [-0.15, -0.1) is 11.3 Å². The van der Waals surface area contributed by atoms with Gasteiger partial charge in [0.15, 0.2) is 0 Å². The molecule has 2 aliphatic rings. The number of carbonyl (C=O) groups excluding carboxylic acids is 3.